The van der Waals surface area contributed by atoms with Gasteiger partial charge in [-0.25, -0.2) is 4.79 Å². The molecule has 0 saturated heterocycles. The molecule has 0 aliphatic carbocycles. The summed E-state index contributed by atoms with van der Waals surface area (Å²) < 4.78 is 5.24. The minimum absolute atomic E-state index is 0.0853. The molecule has 2 aromatic rings. The molecular formula is C22H27N3O4. The summed E-state index contributed by atoms with van der Waals surface area (Å²) in [5, 5.41) is 8.12. The molecule has 29 heavy (non-hydrogen) atoms. The van der Waals surface area contributed by atoms with Crippen molar-refractivity contribution in [3.63, 3.8) is 0 Å². The SMILES string of the molecule is CC[C@H](C)[C@@H](NC(=O)OCc1ccccc1)C(=O)Nc1ccc(NC(C)=O)cc1. The van der Waals surface area contributed by atoms with Crippen LogP contribution in [0.3, 0.4) is 0 Å². The summed E-state index contributed by atoms with van der Waals surface area (Å²) in [7, 11) is 0. The van der Waals surface area contributed by atoms with Gasteiger partial charge in [0.1, 0.15) is 12.6 Å². The number of alkyl carbamates (subject to hydrolysis) is 1. The maximum atomic E-state index is 12.7. The Morgan fingerprint density at radius 1 is 0.931 bits per heavy atom. The Morgan fingerprint density at radius 2 is 1.52 bits per heavy atom. The van der Waals surface area contributed by atoms with Crippen LogP contribution >= 0.6 is 0 Å². The lowest BCUT2D eigenvalue weighted by Gasteiger charge is -2.23. The van der Waals surface area contributed by atoms with Crippen molar-refractivity contribution in [2.45, 2.75) is 39.8 Å². The van der Waals surface area contributed by atoms with Crippen molar-refractivity contribution in [3.05, 3.63) is 60.2 Å². The van der Waals surface area contributed by atoms with Crippen LogP contribution in [0.2, 0.25) is 0 Å². The molecular weight excluding hydrogens is 370 g/mol. The minimum Gasteiger partial charge on any atom is -0.445 e. The fraction of sp³-hybridized carbons (Fsp3) is 0.318. The van der Waals surface area contributed by atoms with E-state index in [9.17, 15) is 14.4 Å². The highest BCUT2D eigenvalue weighted by atomic mass is 16.5. The smallest absolute Gasteiger partial charge is 0.408 e. The number of hydrogen-bond donors (Lipinski definition) is 3. The molecule has 0 aromatic heterocycles. The van der Waals surface area contributed by atoms with E-state index in [-0.39, 0.29) is 24.3 Å². The van der Waals surface area contributed by atoms with E-state index >= 15 is 0 Å². The van der Waals surface area contributed by atoms with Crippen molar-refractivity contribution in [1.82, 2.24) is 5.32 Å². The maximum absolute atomic E-state index is 12.7. The largest absolute Gasteiger partial charge is 0.445 e. The minimum atomic E-state index is -0.738. The van der Waals surface area contributed by atoms with Crippen LogP contribution in [-0.2, 0) is 20.9 Å². The first-order valence-electron chi connectivity index (χ1n) is 9.54. The Balaban J connectivity index is 1.96. The summed E-state index contributed by atoms with van der Waals surface area (Å²) in [5.41, 5.74) is 2.07. The van der Waals surface area contributed by atoms with Gasteiger partial charge in [-0.3, -0.25) is 9.59 Å². The second-order valence-corrected chi connectivity index (χ2v) is 6.82. The summed E-state index contributed by atoms with van der Waals surface area (Å²) in [6, 6.07) is 15.3. The Morgan fingerprint density at radius 3 is 2.07 bits per heavy atom. The molecule has 2 rings (SSSR count). The molecule has 2 aromatic carbocycles. The van der Waals surface area contributed by atoms with Crippen LogP contribution in [0.25, 0.3) is 0 Å². The molecule has 0 bridgehead atoms. The summed E-state index contributed by atoms with van der Waals surface area (Å²) in [4.78, 5) is 36.0. The molecule has 0 unspecified atom stereocenters. The number of ether oxygens (including phenoxy) is 1. The number of carbonyl (C=O) groups is 3. The van der Waals surface area contributed by atoms with Crippen LogP contribution in [-0.4, -0.2) is 23.9 Å². The van der Waals surface area contributed by atoms with Crippen molar-refractivity contribution in [3.8, 4) is 0 Å². The second kappa shape index (κ2) is 10.8. The molecule has 0 saturated carbocycles. The van der Waals surface area contributed by atoms with E-state index in [4.69, 9.17) is 4.74 Å². The van der Waals surface area contributed by atoms with E-state index < -0.39 is 12.1 Å². The predicted molar refractivity (Wildman–Crippen MR) is 112 cm³/mol. The van der Waals surface area contributed by atoms with Gasteiger partial charge in [0.15, 0.2) is 0 Å². The summed E-state index contributed by atoms with van der Waals surface area (Å²) in [6.07, 6.45) is 0.0636. The molecule has 3 N–H and O–H groups in total. The lowest BCUT2D eigenvalue weighted by Crippen LogP contribution is -2.47. The first kappa shape index (κ1) is 21.9. The number of nitrogens with one attached hydrogen (secondary N) is 3. The molecule has 0 aliphatic heterocycles. The van der Waals surface area contributed by atoms with E-state index in [1.54, 1.807) is 24.3 Å². The number of carbonyl (C=O) groups excluding carboxylic acids is 3. The summed E-state index contributed by atoms with van der Waals surface area (Å²) in [6.45, 7) is 5.40. The highest BCUT2D eigenvalue weighted by molar-refractivity contribution is 5.97. The van der Waals surface area contributed by atoms with E-state index in [1.807, 2.05) is 44.2 Å². The third-order valence-corrected chi connectivity index (χ3v) is 4.45. The Kier molecular flexibility index (Phi) is 8.21. The number of anilines is 2. The Labute approximate surface area is 170 Å². The van der Waals surface area contributed by atoms with Crippen molar-refractivity contribution in [2.75, 3.05) is 10.6 Å². The van der Waals surface area contributed by atoms with Crippen molar-refractivity contribution in [2.24, 2.45) is 5.92 Å². The molecule has 0 heterocycles. The van der Waals surface area contributed by atoms with Gasteiger partial charge in [-0.15, -0.1) is 0 Å². The van der Waals surface area contributed by atoms with Gasteiger partial charge < -0.3 is 20.7 Å². The standard InChI is InChI=1S/C22H27N3O4/c1-4-15(2)20(25-22(28)29-14-17-8-6-5-7-9-17)21(27)24-19-12-10-18(11-13-19)23-16(3)26/h5-13,15,20H,4,14H2,1-3H3,(H,23,26)(H,24,27)(H,25,28)/t15-,20+/m0/s1. The molecule has 0 radical (unpaired) electrons. The molecule has 0 spiro atoms. The van der Waals surface area contributed by atoms with Crippen LogP contribution in [0.1, 0.15) is 32.8 Å². The number of hydrogen-bond acceptors (Lipinski definition) is 4. The maximum Gasteiger partial charge on any atom is 0.408 e. The zero-order chi connectivity index (χ0) is 21.2. The monoisotopic (exact) mass is 397 g/mol. The van der Waals surface area contributed by atoms with Gasteiger partial charge in [-0.05, 0) is 35.7 Å². The van der Waals surface area contributed by atoms with Gasteiger partial charge in [-0.1, -0.05) is 50.6 Å². The van der Waals surface area contributed by atoms with Crippen LogP contribution in [0.5, 0.6) is 0 Å². The fourth-order valence-electron chi connectivity index (χ4n) is 2.65. The van der Waals surface area contributed by atoms with Gasteiger partial charge in [0.05, 0.1) is 0 Å². The highest BCUT2D eigenvalue weighted by Crippen LogP contribution is 2.16. The van der Waals surface area contributed by atoms with Crippen LogP contribution in [0.4, 0.5) is 16.2 Å². The first-order chi connectivity index (χ1) is 13.9. The molecule has 154 valence electrons. The quantitative estimate of drug-likeness (QED) is 0.629. The second-order valence-electron chi connectivity index (χ2n) is 6.82. The zero-order valence-corrected chi connectivity index (χ0v) is 16.9. The van der Waals surface area contributed by atoms with Crippen LogP contribution < -0.4 is 16.0 Å². The zero-order valence-electron chi connectivity index (χ0n) is 16.9. The van der Waals surface area contributed by atoms with Gasteiger partial charge in [-0.2, -0.15) is 0 Å². The van der Waals surface area contributed by atoms with E-state index in [0.717, 1.165) is 5.56 Å². The highest BCUT2D eigenvalue weighted by Gasteiger charge is 2.26. The summed E-state index contributed by atoms with van der Waals surface area (Å²) >= 11 is 0. The Hall–Kier alpha value is -3.35. The molecule has 7 nitrogen and oxygen atoms in total. The van der Waals surface area contributed by atoms with Crippen LogP contribution in [0, 0.1) is 5.92 Å². The van der Waals surface area contributed by atoms with E-state index in [0.29, 0.717) is 17.8 Å². The van der Waals surface area contributed by atoms with Gasteiger partial charge in [0, 0.05) is 18.3 Å². The molecule has 3 amide bonds. The van der Waals surface area contributed by atoms with Crippen LogP contribution in [0.15, 0.2) is 54.6 Å². The topological polar surface area (TPSA) is 96.5 Å². The lowest BCUT2D eigenvalue weighted by molar-refractivity contribution is -0.119. The van der Waals surface area contributed by atoms with Gasteiger partial charge >= 0.3 is 6.09 Å². The summed E-state index contributed by atoms with van der Waals surface area (Å²) in [5.74, 6) is -0.585. The lowest BCUT2D eigenvalue weighted by atomic mass is 9.98. The number of rotatable bonds is 8. The predicted octanol–water partition coefficient (Wildman–Crippen LogP) is 3.92. The number of amides is 3. The number of benzene rings is 2. The molecule has 0 fully saturated rings. The molecule has 2 atom stereocenters. The third-order valence-electron chi connectivity index (χ3n) is 4.45. The van der Waals surface area contributed by atoms with E-state index in [2.05, 4.69) is 16.0 Å². The van der Waals surface area contributed by atoms with Crippen molar-refractivity contribution in [1.29, 1.82) is 0 Å². The molecule has 7 heteroatoms. The van der Waals surface area contributed by atoms with Crippen molar-refractivity contribution >= 4 is 29.3 Å². The third kappa shape index (κ3) is 7.29. The van der Waals surface area contributed by atoms with Crippen molar-refractivity contribution < 1.29 is 19.1 Å². The average molecular weight is 397 g/mol. The normalized spacial score (nSPS) is 12.4. The van der Waals surface area contributed by atoms with E-state index in [1.165, 1.54) is 6.92 Å². The van der Waals surface area contributed by atoms with Gasteiger partial charge in [0.25, 0.3) is 0 Å². The fourth-order valence-corrected chi connectivity index (χ4v) is 2.65. The molecule has 0 aliphatic rings. The Bertz CT molecular complexity index is 822. The average Bonchev–Trinajstić information content (AvgIpc) is 2.71. The van der Waals surface area contributed by atoms with Gasteiger partial charge in [0.2, 0.25) is 11.8 Å². The first-order valence-corrected chi connectivity index (χ1v) is 9.54.